The standard InChI is InChI=1S/C13H9ClN4OS/c14-11-3-1-9(2-4-11)7-19-13-12(17-20-18-13)10-5-15-8-16-6-10/h1-6,8H,7H2. The third-order valence-corrected chi connectivity index (χ3v) is 3.34. The Kier molecular flexibility index (Phi) is 3.85. The molecule has 0 spiro atoms. The molecule has 0 amide bonds. The molecule has 0 bridgehead atoms. The summed E-state index contributed by atoms with van der Waals surface area (Å²) < 4.78 is 14.1. The van der Waals surface area contributed by atoms with Gasteiger partial charge in [-0.15, -0.1) is 4.37 Å². The minimum absolute atomic E-state index is 0.406. The summed E-state index contributed by atoms with van der Waals surface area (Å²) in [5.74, 6) is 0.486. The fraction of sp³-hybridized carbons (Fsp3) is 0.0769. The van der Waals surface area contributed by atoms with Crippen molar-refractivity contribution in [2.75, 3.05) is 0 Å². The van der Waals surface area contributed by atoms with Crippen LogP contribution in [-0.2, 0) is 6.61 Å². The number of ether oxygens (including phenoxy) is 1. The van der Waals surface area contributed by atoms with Crippen molar-refractivity contribution in [3.63, 3.8) is 0 Å². The molecule has 1 aromatic carbocycles. The first kappa shape index (κ1) is 13.0. The second-order valence-corrected chi connectivity index (χ2v) is 4.93. The van der Waals surface area contributed by atoms with E-state index in [1.807, 2.05) is 24.3 Å². The van der Waals surface area contributed by atoms with Gasteiger partial charge in [0.1, 0.15) is 12.9 Å². The summed E-state index contributed by atoms with van der Waals surface area (Å²) in [6.07, 6.45) is 4.83. The molecule has 2 heterocycles. The molecule has 7 heteroatoms. The van der Waals surface area contributed by atoms with Crippen LogP contribution in [0.5, 0.6) is 5.88 Å². The summed E-state index contributed by atoms with van der Waals surface area (Å²) >= 11 is 6.94. The van der Waals surface area contributed by atoms with Crippen molar-refractivity contribution in [3.8, 4) is 17.1 Å². The number of halogens is 1. The Labute approximate surface area is 124 Å². The average Bonchev–Trinajstić information content (AvgIpc) is 2.96. The predicted molar refractivity (Wildman–Crippen MR) is 76.7 cm³/mol. The van der Waals surface area contributed by atoms with Crippen LogP contribution < -0.4 is 4.74 Å². The number of benzene rings is 1. The topological polar surface area (TPSA) is 60.8 Å². The maximum atomic E-state index is 5.84. The van der Waals surface area contributed by atoms with E-state index < -0.39 is 0 Å². The number of aromatic nitrogens is 4. The molecule has 2 aromatic heterocycles. The molecular formula is C13H9ClN4OS. The Morgan fingerprint density at radius 1 is 1.05 bits per heavy atom. The Hall–Kier alpha value is -2.05. The van der Waals surface area contributed by atoms with Crippen molar-refractivity contribution in [1.29, 1.82) is 0 Å². The van der Waals surface area contributed by atoms with E-state index in [0.29, 0.717) is 23.2 Å². The monoisotopic (exact) mass is 304 g/mol. The predicted octanol–water partition coefficient (Wildman–Crippen LogP) is 3.23. The molecule has 0 N–H and O–H groups in total. The zero-order valence-corrected chi connectivity index (χ0v) is 11.8. The average molecular weight is 305 g/mol. The Morgan fingerprint density at radius 3 is 2.55 bits per heavy atom. The van der Waals surface area contributed by atoms with E-state index in [4.69, 9.17) is 16.3 Å². The van der Waals surface area contributed by atoms with E-state index in [1.165, 1.54) is 6.33 Å². The van der Waals surface area contributed by atoms with Gasteiger partial charge >= 0.3 is 0 Å². The zero-order chi connectivity index (χ0) is 13.8. The molecule has 0 aliphatic heterocycles. The van der Waals surface area contributed by atoms with Crippen molar-refractivity contribution in [3.05, 3.63) is 53.6 Å². The molecule has 0 saturated carbocycles. The molecule has 0 radical (unpaired) electrons. The van der Waals surface area contributed by atoms with Gasteiger partial charge in [-0.3, -0.25) is 0 Å². The van der Waals surface area contributed by atoms with Crippen LogP contribution in [0.3, 0.4) is 0 Å². The molecule has 0 aliphatic carbocycles. The summed E-state index contributed by atoms with van der Waals surface area (Å²) in [5, 5.41) is 0.700. The van der Waals surface area contributed by atoms with Gasteiger partial charge in [0.05, 0.1) is 11.7 Å². The lowest BCUT2D eigenvalue weighted by Gasteiger charge is -2.04. The fourth-order valence-corrected chi connectivity index (χ4v) is 2.25. The first-order valence-corrected chi connectivity index (χ1v) is 6.89. The highest BCUT2D eigenvalue weighted by Gasteiger charge is 2.12. The lowest BCUT2D eigenvalue weighted by Crippen LogP contribution is -1.97. The molecule has 0 unspecified atom stereocenters. The third kappa shape index (κ3) is 2.92. The number of rotatable bonds is 4. The maximum absolute atomic E-state index is 5.84. The van der Waals surface area contributed by atoms with E-state index >= 15 is 0 Å². The highest BCUT2D eigenvalue weighted by Crippen LogP contribution is 2.27. The normalized spacial score (nSPS) is 10.4. The van der Waals surface area contributed by atoms with Gasteiger partial charge in [0, 0.05) is 23.0 Å². The quantitative estimate of drug-likeness (QED) is 0.740. The SMILES string of the molecule is Clc1ccc(COc2nsnc2-c2cncnc2)cc1. The Balaban J connectivity index is 1.76. The summed E-state index contributed by atoms with van der Waals surface area (Å²) in [6, 6.07) is 7.47. The van der Waals surface area contributed by atoms with Crippen LogP contribution in [0.15, 0.2) is 43.0 Å². The smallest absolute Gasteiger partial charge is 0.254 e. The first-order chi connectivity index (χ1) is 9.83. The van der Waals surface area contributed by atoms with Gasteiger partial charge < -0.3 is 4.74 Å². The van der Waals surface area contributed by atoms with E-state index in [9.17, 15) is 0 Å². The number of nitrogens with zero attached hydrogens (tertiary/aromatic N) is 4. The van der Waals surface area contributed by atoms with Crippen molar-refractivity contribution < 1.29 is 4.74 Å². The molecule has 0 atom stereocenters. The summed E-state index contributed by atoms with van der Waals surface area (Å²) in [7, 11) is 0. The second-order valence-electron chi connectivity index (χ2n) is 3.96. The lowest BCUT2D eigenvalue weighted by atomic mass is 10.2. The van der Waals surface area contributed by atoms with Gasteiger partial charge in [-0.25, -0.2) is 9.97 Å². The third-order valence-electron chi connectivity index (χ3n) is 2.58. The van der Waals surface area contributed by atoms with Crippen molar-refractivity contribution >= 4 is 23.3 Å². The van der Waals surface area contributed by atoms with Gasteiger partial charge in [0.25, 0.3) is 5.88 Å². The summed E-state index contributed by atoms with van der Waals surface area (Å²) in [6.45, 7) is 0.406. The van der Waals surface area contributed by atoms with E-state index in [1.54, 1.807) is 12.4 Å². The molecule has 20 heavy (non-hydrogen) atoms. The highest BCUT2D eigenvalue weighted by molar-refractivity contribution is 6.99. The molecule has 0 aliphatic rings. The van der Waals surface area contributed by atoms with Crippen molar-refractivity contribution in [1.82, 2.24) is 18.7 Å². The summed E-state index contributed by atoms with van der Waals surface area (Å²) in [5.41, 5.74) is 2.45. The molecule has 5 nitrogen and oxygen atoms in total. The molecular weight excluding hydrogens is 296 g/mol. The van der Waals surface area contributed by atoms with E-state index in [0.717, 1.165) is 22.9 Å². The van der Waals surface area contributed by atoms with E-state index in [2.05, 4.69) is 18.7 Å². The van der Waals surface area contributed by atoms with E-state index in [-0.39, 0.29) is 0 Å². The minimum atomic E-state index is 0.406. The maximum Gasteiger partial charge on any atom is 0.254 e. The largest absolute Gasteiger partial charge is 0.471 e. The number of hydrogen-bond donors (Lipinski definition) is 0. The van der Waals surface area contributed by atoms with Crippen molar-refractivity contribution in [2.45, 2.75) is 6.61 Å². The molecule has 0 fully saturated rings. The molecule has 3 rings (SSSR count). The van der Waals surface area contributed by atoms with Crippen molar-refractivity contribution in [2.24, 2.45) is 0 Å². The van der Waals surface area contributed by atoms with Crippen LogP contribution in [0.4, 0.5) is 0 Å². The van der Waals surface area contributed by atoms with Gasteiger partial charge in [-0.1, -0.05) is 23.7 Å². The minimum Gasteiger partial charge on any atom is -0.471 e. The lowest BCUT2D eigenvalue weighted by molar-refractivity contribution is 0.298. The van der Waals surface area contributed by atoms with Crippen LogP contribution >= 0.6 is 23.3 Å². The van der Waals surface area contributed by atoms with Crippen LogP contribution in [0.2, 0.25) is 5.02 Å². The summed E-state index contributed by atoms with van der Waals surface area (Å²) in [4.78, 5) is 7.93. The van der Waals surface area contributed by atoms with Crippen LogP contribution in [0.25, 0.3) is 11.3 Å². The fourth-order valence-electron chi connectivity index (χ4n) is 1.61. The number of hydrogen-bond acceptors (Lipinski definition) is 6. The van der Waals surface area contributed by atoms with Gasteiger partial charge in [0.15, 0.2) is 5.69 Å². The van der Waals surface area contributed by atoms with Gasteiger partial charge in [-0.05, 0) is 17.7 Å². The molecule has 3 aromatic rings. The van der Waals surface area contributed by atoms with Crippen LogP contribution in [-0.4, -0.2) is 18.7 Å². The molecule has 100 valence electrons. The Morgan fingerprint density at radius 2 is 1.80 bits per heavy atom. The first-order valence-electron chi connectivity index (χ1n) is 5.78. The molecule has 0 saturated heterocycles. The van der Waals surface area contributed by atoms with Crippen LogP contribution in [0.1, 0.15) is 5.56 Å². The second kappa shape index (κ2) is 5.94. The Bertz CT molecular complexity index is 687. The zero-order valence-electron chi connectivity index (χ0n) is 10.2. The van der Waals surface area contributed by atoms with Gasteiger partial charge in [0.2, 0.25) is 0 Å². The highest BCUT2D eigenvalue weighted by atomic mass is 35.5. The van der Waals surface area contributed by atoms with Crippen LogP contribution in [0, 0.1) is 0 Å². The van der Waals surface area contributed by atoms with Gasteiger partial charge in [-0.2, -0.15) is 4.37 Å².